The van der Waals surface area contributed by atoms with Crippen LogP contribution < -0.4 is 0 Å². The Hall–Kier alpha value is -1.30. The van der Waals surface area contributed by atoms with Crippen LogP contribution >= 0.6 is 11.8 Å². The Morgan fingerprint density at radius 1 is 1.75 bits per heavy atom. The van der Waals surface area contributed by atoms with Crippen LogP contribution in [0.3, 0.4) is 0 Å². The topological polar surface area (TPSA) is 66.1 Å². The Labute approximate surface area is 97.6 Å². The van der Waals surface area contributed by atoms with E-state index in [1.54, 1.807) is 17.3 Å². The van der Waals surface area contributed by atoms with E-state index in [0.29, 0.717) is 19.5 Å². The van der Waals surface area contributed by atoms with Crippen molar-refractivity contribution >= 4 is 22.8 Å². The summed E-state index contributed by atoms with van der Waals surface area (Å²) in [4.78, 5) is 24.4. The zero-order valence-electron chi connectivity index (χ0n) is 8.97. The Balaban J connectivity index is 1.92. The van der Waals surface area contributed by atoms with Gasteiger partial charge in [0.25, 0.3) is 0 Å². The van der Waals surface area contributed by atoms with Gasteiger partial charge in [0, 0.05) is 43.4 Å². The van der Waals surface area contributed by atoms with E-state index < -0.39 is 0 Å². The highest BCUT2D eigenvalue weighted by Crippen LogP contribution is 2.25. The van der Waals surface area contributed by atoms with Gasteiger partial charge in [-0.05, 0) is 0 Å². The molecule has 1 aliphatic heterocycles. The maximum absolute atomic E-state index is 11.7. The summed E-state index contributed by atoms with van der Waals surface area (Å²) in [5, 5.41) is 6.73. The Kier molecular flexibility index (Phi) is 3.28. The van der Waals surface area contributed by atoms with Crippen molar-refractivity contribution in [1.29, 1.82) is 0 Å². The van der Waals surface area contributed by atoms with Crippen LogP contribution in [0.5, 0.6) is 0 Å². The highest BCUT2D eigenvalue weighted by Gasteiger charge is 2.30. The second-order valence-electron chi connectivity index (χ2n) is 3.82. The highest BCUT2D eigenvalue weighted by atomic mass is 32.2. The van der Waals surface area contributed by atoms with E-state index in [9.17, 15) is 9.59 Å². The summed E-state index contributed by atoms with van der Waals surface area (Å²) in [7, 11) is 0. The van der Waals surface area contributed by atoms with Crippen LogP contribution in [-0.2, 0) is 16.1 Å². The molecule has 1 aromatic rings. The van der Waals surface area contributed by atoms with Crippen molar-refractivity contribution in [3.8, 4) is 0 Å². The second-order valence-corrected chi connectivity index (χ2v) is 5.29. The number of nitrogens with zero attached hydrogens (tertiary/aromatic N) is 2. The molecule has 1 saturated heterocycles. The molecule has 0 radical (unpaired) electrons. The first-order chi connectivity index (χ1) is 7.65. The first-order valence-corrected chi connectivity index (χ1v) is 5.96. The molecule has 16 heavy (non-hydrogen) atoms. The van der Waals surface area contributed by atoms with Crippen LogP contribution in [0, 0.1) is 0 Å². The van der Waals surface area contributed by atoms with Crippen LogP contribution in [0.15, 0.2) is 12.4 Å². The molecule has 0 aromatic carbocycles. The van der Waals surface area contributed by atoms with E-state index >= 15 is 0 Å². The Morgan fingerprint density at radius 2 is 2.56 bits per heavy atom. The Morgan fingerprint density at radius 3 is 3.19 bits per heavy atom. The fourth-order valence-electron chi connectivity index (χ4n) is 1.79. The molecule has 86 valence electrons. The number of carbonyl (C=O) groups is 2. The van der Waals surface area contributed by atoms with Crippen LogP contribution in [0.1, 0.15) is 18.9 Å². The molecule has 1 unspecified atom stereocenters. The van der Waals surface area contributed by atoms with Gasteiger partial charge in [0.2, 0.25) is 5.91 Å². The normalized spacial score (nSPS) is 20.4. The zero-order valence-corrected chi connectivity index (χ0v) is 9.79. The number of H-pyrrole nitrogens is 1. The first kappa shape index (κ1) is 11.2. The summed E-state index contributed by atoms with van der Waals surface area (Å²) in [6, 6.07) is 0. The summed E-state index contributed by atoms with van der Waals surface area (Å²) in [5.41, 5.74) is 0.988. The van der Waals surface area contributed by atoms with Gasteiger partial charge in [-0.1, -0.05) is 11.8 Å². The third-order valence-electron chi connectivity index (χ3n) is 2.44. The van der Waals surface area contributed by atoms with Crippen molar-refractivity contribution in [2.75, 3.05) is 6.54 Å². The summed E-state index contributed by atoms with van der Waals surface area (Å²) >= 11 is 1.26. The number of thioether (sulfide) groups is 1. The number of aromatic nitrogens is 2. The lowest BCUT2D eigenvalue weighted by Crippen LogP contribution is -2.24. The second kappa shape index (κ2) is 4.69. The van der Waals surface area contributed by atoms with Crippen LogP contribution in [0.2, 0.25) is 0 Å². The molecule has 1 amide bonds. The van der Waals surface area contributed by atoms with Gasteiger partial charge in [-0.15, -0.1) is 0 Å². The van der Waals surface area contributed by atoms with E-state index in [1.165, 1.54) is 18.7 Å². The van der Waals surface area contributed by atoms with E-state index in [2.05, 4.69) is 10.2 Å². The molecule has 5 nitrogen and oxygen atoms in total. The molecule has 0 aliphatic carbocycles. The van der Waals surface area contributed by atoms with Gasteiger partial charge in [-0.25, -0.2) is 0 Å². The molecule has 1 aliphatic rings. The molecule has 0 spiro atoms. The molecule has 2 rings (SSSR count). The SMILES string of the molecule is CC(=O)SC1CC(=O)N(Cc2cn[nH]c2)C1. The lowest BCUT2D eigenvalue weighted by atomic mass is 10.3. The fraction of sp³-hybridized carbons (Fsp3) is 0.500. The molecule has 1 N–H and O–H groups in total. The minimum absolute atomic E-state index is 0.0722. The molecule has 0 bridgehead atoms. The number of aromatic amines is 1. The third-order valence-corrected chi connectivity index (χ3v) is 3.42. The largest absolute Gasteiger partial charge is 0.337 e. The number of amides is 1. The predicted octanol–water partition coefficient (Wildman–Crippen LogP) is 0.790. The molecule has 2 heterocycles. The molecule has 0 saturated carbocycles. The predicted molar refractivity (Wildman–Crippen MR) is 60.7 cm³/mol. The van der Waals surface area contributed by atoms with Crippen LogP contribution in [0.25, 0.3) is 0 Å². The van der Waals surface area contributed by atoms with Crippen molar-refractivity contribution in [1.82, 2.24) is 15.1 Å². The smallest absolute Gasteiger partial charge is 0.224 e. The lowest BCUT2D eigenvalue weighted by Gasteiger charge is -2.14. The molecule has 1 aromatic heterocycles. The van der Waals surface area contributed by atoms with E-state index in [-0.39, 0.29) is 16.3 Å². The number of nitrogens with one attached hydrogen (secondary N) is 1. The number of hydrogen-bond acceptors (Lipinski definition) is 4. The van der Waals surface area contributed by atoms with Crippen LogP contribution in [0.4, 0.5) is 0 Å². The summed E-state index contributed by atoms with van der Waals surface area (Å²) < 4.78 is 0. The summed E-state index contributed by atoms with van der Waals surface area (Å²) in [6.07, 6.45) is 3.94. The van der Waals surface area contributed by atoms with Crippen LogP contribution in [-0.4, -0.2) is 37.9 Å². The van der Waals surface area contributed by atoms with Gasteiger partial charge in [-0.3, -0.25) is 14.7 Å². The maximum Gasteiger partial charge on any atom is 0.224 e. The fourth-order valence-corrected chi connectivity index (χ4v) is 2.74. The van der Waals surface area contributed by atoms with Crippen molar-refractivity contribution in [2.24, 2.45) is 0 Å². The van der Waals surface area contributed by atoms with Crippen molar-refractivity contribution < 1.29 is 9.59 Å². The van der Waals surface area contributed by atoms with E-state index in [1.807, 2.05) is 0 Å². The number of rotatable bonds is 3. The number of likely N-dealkylation sites (tertiary alicyclic amines) is 1. The average Bonchev–Trinajstić information content (AvgIpc) is 2.77. The summed E-state index contributed by atoms with van der Waals surface area (Å²) in [5.74, 6) is 0.111. The standard InChI is InChI=1S/C10H13N3O2S/c1-7(14)16-9-2-10(15)13(6-9)5-8-3-11-12-4-8/h3-4,9H,2,5-6H2,1H3,(H,11,12). The highest BCUT2D eigenvalue weighted by molar-refractivity contribution is 8.14. The van der Waals surface area contributed by atoms with Gasteiger partial charge in [0.05, 0.1) is 6.20 Å². The number of carbonyl (C=O) groups excluding carboxylic acids is 2. The van der Waals surface area contributed by atoms with Gasteiger partial charge >= 0.3 is 0 Å². The van der Waals surface area contributed by atoms with Gasteiger partial charge in [0.15, 0.2) is 5.12 Å². The first-order valence-electron chi connectivity index (χ1n) is 5.08. The van der Waals surface area contributed by atoms with Crippen molar-refractivity contribution in [3.05, 3.63) is 18.0 Å². The molecular weight excluding hydrogens is 226 g/mol. The quantitative estimate of drug-likeness (QED) is 0.847. The summed E-state index contributed by atoms with van der Waals surface area (Å²) in [6.45, 7) is 2.76. The minimum Gasteiger partial charge on any atom is -0.337 e. The van der Waals surface area contributed by atoms with Gasteiger partial charge in [-0.2, -0.15) is 5.10 Å². The van der Waals surface area contributed by atoms with Gasteiger partial charge < -0.3 is 4.90 Å². The monoisotopic (exact) mass is 239 g/mol. The molecular formula is C10H13N3O2S. The molecule has 6 heteroatoms. The molecule has 1 fully saturated rings. The lowest BCUT2D eigenvalue weighted by molar-refractivity contribution is -0.128. The average molecular weight is 239 g/mol. The minimum atomic E-state index is 0.0722. The van der Waals surface area contributed by atoms with Crippen molar-refractivity contribution in [3.63, 3.8) is 0 Å². The van der Waals surface area contributed by atoms with E-state index in [4.69, 9.17) is 0 Å². The van der Waals surface area contributed by atoms with Crippen molar-refractivity contribution in [2.45, 2.75) is 25.1 Å². The molecule has 1 atom stereocenters. The van der Waals surface area contributed by atoms with Gasteiger partial charge in [0.1, 0.15) is 0 Å². The maximum atomic E-state index is 11.7. The number of hydrogen-bond donors (Lipinski definition) is 1. The zero-order chi connectivity index (χ0) is 11.5. The third kappa shape index (κ3) is 2.63. The van der Waals surface area contributed by atoms with E-state index in [0.717, 1.165) is 5.56 Å². The Bertz CT molecular complexity index is 391.